The van der Waals surface area contributed by atoms with Crippen molar-refractivity contribution in [1.29, 1.82) is 11.0 Å². The Morgan fingerprint density at radius 1 is 0.646 bits per heavy atom. The molecule has 4 aromatic rings. The Balaban J connectivity index is 1.52. The van der Waals surface area contributed by atoms with E-state index < -0.39 is 41.8 Å². The summed E-state index contributed by atoms with van der Waals surface area (Å²) < 4.78 is 85.9. The highest BCUT2D eigenvalue weighted by molar-refractivity contribution is 7.87. The van der Waals surface area contributed by atoms with Crippen molar-refractivity contribution in [1.82, 2.24) is 0 Å². The molecule has 0 amide bonds. The quantitative estimate of drug-likeness (QED) is 0.105. The van der Waals surface area contributed by atoms with E-state index >= 15 is 0 Å². The lowest BCUT2D eigenvalue weighted by atomic mass is 9.74. The number of fused-ring (bicyclic) bond motifs is 2. The second-order valence-electron chi connectivity index (χ2n) is 11.9. The molecule has 14 heteroatoms. The van der Waals surface area contributed by atoms with Crippen molar-refractivity contribution in [3.8, 4) is 11.1 Å². The molecule has 2 aliphatic rings. The van der Waals surface area contributed by atoms with Gasteiger partial charge in [0.1, 0.15) is 0 Å². The molecule has 2 aliphatic carbocycles. The first kappa shape index (κ1) is 30.6. The number of benzene rings is 4. The first-order valence-electron chi connectivity index (χ1n) is 15.5. The van der Waals surface area contributed by atoms with Crippen LogP contribution in [-0.2, 0) is 29.7 Å². The zero-order valence-electron chi connectivity index (χ0n) is 27.7. The Hall–Kier alpha value is -4.70. The standard InChI is InChI=1S/C34H32N6O6S2/c1-19-15-21(11-13-25(19)33(47(41,42)43)27-9-5-3-7-23(27)17-29(39-37)31(33)35)22-12-14-26(20(2)16-22)34(48(44,45)46)28-10-6-4-8-24(28)18-30(40-38)32(34)36/h3-18,31-32,37-38H,35-36H2,1-2H3,(H,41,42,43)(H,44,45,46)/b39-37+,40-38+. The first-order valence-corrected chi connectivity index (χ1v) is 17.5. The second kappa shape index (κ2) is 11.5. The molecule has 12 nitrogen and oxygen atoms in total. The molecule has 0 aliphatic heterocycles. The van der Waals surface area contributed by atoms with E-state index in [9.17, 15) is 25.9 Å². The van der Waals surface area contributed by atoms with Gasteiger partial charge in [0.25, 0.3) is 20.2 Å². The van der Waals surface area contributed by atoms with E-state index in [2.05, 4.69) is 21.3 Å². The van der Waals surface area contributed by atoms with Crippen molar-refractivity contribution in [2.24, 2.45) is 21.7 Å². The van der Waals surface area contributed by atoms with Crippen LogP contribution < -0.4 is 11.5 Å². The summed E-state index contributed by atoms with van der Waals surface area (Å²) in [6, 6.07) is 20.1. The number of rotatable bonds is 7. The number of nitrogens with one attached hydrogen (secondary N) is 2. The molecule has 0 spiro atoms. The van der Waals surface area contributed by atoms with Crippen LogP contribution in [0.4, 0.5) is 0 Å². The Bertz CT molecular complexity index is 2230. The lowest BCUT2D eigenvalue weighted by molar-refractivity contribution is 0.423. The molecule has 0 radical (unpaired) electrons. The maximum absolute atomic E-state index is 13.5. The predicted octanol–water partition coefficient (Wildman–Crippen LogP) is 5.66. The number of aryl methyl sites for hydroxylation is 2. The third-order valence-corrected chi connectivity index (χ3v) is 12.5. The number of nitrogens with zero attached hydrogens (tertiary/aromatic N) is 2. The number of hydrogen-bond donors (Lipinski definition) is 6. The summed E-state index contributed by atoms with van der Waals surface area (Å²) in [5.74, 6) is 0. The van der Waals surface area contributed by atoms with Gasteiger partial charge >= 0.3 is 0 Å². The Kier molecular flexibility index (Phi) is 7.32. The van der Waals surface area contributed by atoms with Crippen LogP contribution >= 0.6 is 0 Å². The van der Waals surface area contributed by atoms with E-state index in [0.717, 1.165) is 0 Å². The van der Waals surface area contributed by atoms with Crippen molar-refractivity contribution in [3.63, 3.8) is 0 Å². The fraction of sp³-hybridized carbons (Fsp3) is 0.176. The summed E-state index contributed by atoms with van der Waals surface area (Å²) in [6.45, 7) is 3.35. The fourth-order valence-corrected chi connectivity index (χ4v) is 10.2. The smallest absolute Gasteiger partial charge is 0.281 e. The van der Waals surface area contributed by atoms with Gasteiger partial charge in [-0.05, 0) is 81.6 Å². The molecule has 0 bridgehead atoms. The Labute approximate surface area is 280 Å². The van der Waals surface area contributed by atoms with Gasteiger partial charge in [-0.15, -0.1) is 0 Å². The number of hydrogen-bond acceptors (Lipinski definition) is 10. The van der Waals surface area contributed by atoms with E-state index in [1.54, 1.807) is 98.8 Å². The van der Waals surface area contributed by atoms with Crippen LogP contribution in [0.5, 0.6) is 0 Å². The predicted molar refractivity (Wildman–Crippen MR) is 181 cm³/mol. The van der Waals surface area contributed by atoms with Gasteiger partial charge in [-0.25, -0.2) is 11.0 Å². The van der Waals surface area contributed by atoms with Crippen LogP contribution in [0.25, 0.3) is 23.3 Å². The van der Waals surface area contributed by atoms with Crippen molar-refractivity contribution in [2.75, 3.05) is 0 Å². The van der Waals surface area contributed by atoms with Crippen LogP contribution in [0, 0.1) is 24.9 Å². The molecule has 0 fully saturated rings. The van der Waals surface area contributed by atoms with E-state index in [1.807, 2.05) is 0 Å². The minimum Gasteiger partial charge on any atom is -0.321 e. The maximum Gasteiger partial charge on any atom is 0.281 e. The number of nitrogens with two attached hydrogens (primary N) is 2. The van der Waals surface area contributed by atoms with Gasteiger partial charge in [0.2, 0.25) is 2.82 Å². The zero-order valence-corrected chi connectivity index (χ0v) is 27.3. The molecule has 0 saturated carbocycles. The molecule has 246 valence electrons. The third kappa shape index (κ3) is 4.56. The molecule has 0 saturated heterocycles. The molecule has 6 rings (SSSR count). The highest BCUT2D eigenvalue weighted by Gasteiger charge is 2.57. The highest BCUT2D eigenvalue weighted by Crippen LogP contribution is 2.50. The molecule has 48 heavy (non-hydrogen) atoms. The summed E-state index contributed by atoms with van der Waals surface area (Å²) in [7, 11) is -9.98. The molecular weight excluding hydrogens is 653 g/mol. The van der Waals surface area contributed by atoms with Crippen LogP contribution in [0.2, 0.25) is 2.82 Å². The molecule has 8 N–H and O–H groups in total. The average molecular weight is 685 g/mol. The SMILES string of the molecule is [H]/N=N/C1=Cc2ccccc2C(c2ccc(-c3ccc(C4(S(=O)(=O)O)c5ccccc5C=C(/N=N/[H])C4N)c(C)c3)cc2C)(S(=O)(=O)O)C1N. The van der Waals surface area contributed by atoms with E-state index in [1.165, 1.54) is 12.2 Å². The van der Waals surface area contributed by atoms with Crippen LogP contribution in [-0.4, -0.2) is 38.0 Å². The van der Waals surface area contributed by atoms with Crippen molar-refractivity contribution < 1.29 is 28.8 Å². The molecule has 0 aromatic heterocycles. The van der Waals surface area contributed by atoms with Crippen LogP contribution in [0.1, 0.15) is 44.5 Å². The van der Waals surface area contributed by atoms with E-state index in [-0.39, 0.29) is 33.6 Å². The molecule has 0 heterocycles. The van der Waals surface area contributed by atoms with Gasteiger partial charge in [-0.1, -0.05) is 84.9 Å². The van der Waals surface area contributed by atoms with Crippen molar-refractivity contribution >= 4 is 32.4 Å². The lowest BCUT2D eigenvalue weighted by Crippen LogP contribution is -2.54. The summed E-state index contributed by atoms with van der Waals surface area (Å²) >= 11 is 0. The maximum atomic E-state index is 13.5. The monoisotopic (exact) mass is 684 g/mol. The van der Waals surface area contributed by atoms with Crippen LogP contribution in [0.3, 0.4) is 0 Å². The molecular formula is C34H32N6O6S2. The van der Waals surface area contributed by atoms with Gasteiger partial charge in [0, 0.05) is 0 Å². The van der Waals surface area contributed by atoms with Gasteiger partial charge < -0.3 is 11.5 Å². The normalized spacial score (nSPS) is 24.8. The summed E-state index contributed by atoms with van der Waals surface area (Å²) in [4.78, 5) is 0. The average Bonchev–Trinajstić information content (AvgIpc) is 3.05. The van der Waals surface area contributed by atoms with Gasteiger partial charge in [-0.2, -0.15) is 27.1 Å². The fourth-order valence-electron chi connectivity index (χ4n) is 7.38. The Morgan fingerprint density at radius 2 is 1.02 bits per heavy atom. The van der Waals surface area contributed by atoms with Gasteiger partial charge in [0.05, 0.1) is 23.5 Å². The molecule has 4 unspecified atom stereocenters. The minimum absolute atomic E-state index is 0.0107. The summed E-state index contributed by atoms with van der Waals surface area (Å²) in [5.41, 5.74) is 23.1. The van der Waals surface area contributed by atoms with Crippen molar-refractivity contribution in [3.05, 3.63) is 141 Å². The van der Waals surface area contributed by atoms with Crippen molar-refractivity contribution in [2.45, 2.75) is 35.4 Å². The molecule has 4 atom stereocenters. The largest absolute Gasteiger partial charge is 0.321 e. The van der Waals surface area contributed by atoms with E-state index in [4.69, 9.17) is 14.3 Å². The third-order valence-electron chi connectivity index (χ3n) is 9.47. The molecule has 4 aromatic carbocycles. The summed E-state index contributed by atoms with van der Waals surface area (Å²) in [6.07, 6.45) is 3.06. The van der Waals surface area contributed by atoms with E-state index in [0.29, 0.717) is 33.4 Å². The second-order valence-corrected chi connectivity index (χ2v) is 15.1. The van der Waals surface area contributed by atoms with Gasteiger partial charge in [0.15, 0.2) is 9.49 Å². The van der Waals surface area contributed by atoms with Gasteiger partial charge in [-0.3, -0.25) is 9.11 Å². The lowest BCUT2D eigenvalue weighted by Gasteiger charge is -2.41. The topological polar surface area (TPSA) is 233 Å². The zero-order chi connectivity index (χ0) is 36.2. The first-order chi connectivity index (χ1) is 23.6. The van der Waals surface area contributed by atoms with Crippen LogP contribution in [0.15, 0.2) is 107 Å². The Morgan fingerprint density at radius 3 is 1.35 bits per heavy atom. The summed E-state index contributed by atoms with van der Waals surface area (Å²) in [5, 5.41) is 7.53. The minimum atomic E-state index is -4.99. The highest BCUT2D eigenvalue weighted by atomic mass is 32.2.